The summed E-state index contributed by atoms with van der Waals surface area (Å²) in [4.78, 5) is 25.0. The first kappa shape index (κ1) is 18.8. The zero-order chi connectivity index (χ0) is 20.6. The highest BCUT2D eigenvalue weighted by atomic mass is 32.2. The van der Waals surface area contributed by atoms with Crippen molar-refractivity contribution in [2.75, 3.05) is 10.6 Å². The van der Waals surface area contributed by atoms with Crippen molar-refractivity contribution in [2.24, 2.45) is 5.14 Å². The molecule has 0 fully saturated rings. The molecule has 1 atom stereocenters. The minimum atomic E-state index is -3.82. The predicted molar refractivity (Wildman–Crippen MR) is 106 cm³/mol. The van der Waals surface area contributed by atoms with Gasteiger partial charge in [0, 0.05) is 11.3 Å². The molecule has 0 saturated carbocycles. The lowest BCUT2D eigenvalue weighted by Crippen LogP contribution is -2.35. The van der Waals surface area contributed by atoms with Crippen LogP contribution in [-0.4, -0.2) is 30.0 Å². The van der Waals surface area contributed by atoms with Crippen LogP contribution in [0.25, 0.3) is 11.1 Å². The first-order chi connectivity index (χ1) is 13.8. The van der Waals surface area contributed by atoms with Gasteiger partial charge in [0.15, 0.2) is 0 Å². The molecule has 4 N–H and O–H groups in total. The number of carbonyl (C=O) groups excluding carboxylic acids is 2. The summed E-state index contributed by atoms with van der Waals surface area (Å²) in [6.45, 7) is 0. The number of nitrogens with one attached hydrogen (secondary N) is 2. The van der Waals surface area contributed by atoms with Gasteiger partial charge in [-0.3, -0.25) is 9.59 Å². The van der Waals surface area contributed by atoms with Crippen molar-refractivity contribution in [2.45, 2.75) is 17.4 Å². The Morgan fingerprint density at radius 3 is 2.48 bits per heavy atom. The van der Waals surface area contributed by atoms with Crippen molar-refractivity contribution >= 4 is 33.3 Å². The van der Waals surface area contributed by atoms with Crippen molar-refractivity contribution in [1.82, 2.24) is 9.78 Å². The smallest absolute Gasteiger partial charge is 0.249 e. The maximum atomic E-state index is 12.8. The summed E-state index contributed by atoms with van der Waals surface area (Å²) in [7, 11) is -3.82. The van der Waals surface area contributed by atoms with Gasteiger partial charge in [-0.25, -0.2) is 18.2 Å². The summed E-state index contributed by atoms with van der Waals surface area (Å²) in [5.41, 5.74) is 1.97. The van der Waals surface area contributed by atoms with Crippen LogP contribution >= 0.6 is 0 Å². The summed E-state index contributed by atoms with van der Waals surface area (Å²) in [5.74, 6) is -0.274. The lowest BCUT2D eigenvalue weighted by molar-refractivity contribution is -0.125. The molecule has 0 spiro atoms. The third-order valence-electron chi connectivity index (χ3n) is 4.57. The average molecular weight is 411 g/mol. The van der Waals surface area contributed by atoms with Crippen molar-refractivity contribution in [3.05, 3.63) is 60.8 Å². The van der Waals surface area contributed by atoms with Gasteiger partial charge in [-0.05, 0) is 29.8 Å². The summed E-state index contributed by atoms with van der Waals surface area (Å²) in [5, 5.41) is 14.8. The summed E-state index contributed by atoms with van der Waals surface area (Å²) in [6, 6.07) is 14.0. The molecule has 9 nitrogen and oxygen atoms in total. The molecular formula is C19H17N5O4S. The van der Waals surface area contributed by atoms with E-state index in [-0.39, 0.29) is 17.2 Å². The topological polar surface area (TPSA) is 136 Å². The van der Waals surface area contributed by atoms with E-state index in [2.05, 4.69) is 15.7 Å². The molecule has 0 bridgehead atoms. The number of anilines is 2. The number of rotatable bonds is 4. The fraction of sp³-hybridized carbons (Fsp3) is 0.105. The Morgan fingerprint density at radius 2 is 1.83 bits per heavy atom. The van der Waals surface area contributed by atoms with E-state index in [9.17, 15) is 18.0 Å². The molecule has 4 rings (SSSR count). The fourth-order valence-corrected chi connectivity index (χ4v) is 3.67. The second kappa shape index (κ2) is 7.15. The summed E-state index contributed by atoms with van der Waals surface area (Å²) < 4.78 is 24.2. The van der Waals surface area contributed by atoms with Gasteiger partial charge in [0.25, 0.3) is 0 Å². The summed E-state index contributed by atoms with van der Waals surface area (Å²) >= 11 is 0. The molecule has 1 aliphatic rings. The second-order valence-electron chi connectivity index (χ2n) is 6.54. The van der Waals surface area contributed by atoms with Gasteiger partial charge in [0.2, 0.25) is 21.8 Å². The van der Waals surface area contributed by atoms with E-state index >= 15 is 0 Å². The Kier molecular flexibility index (Phi) is 4.65. The first-order valence-electron chi connectivity index (χ1n) is 8.69. The first-order valence-corrected chi connectivity index (χ1v) is 10.2. The van der Waals surface area contributed by atoms with E-state index in [1.165, 1.54) is 28.9 Å². The molecule has 1 aromatic heterocycles. The van der Waals surface area contributed by atoms with Crippen LogP contribution in [0.15, 0.2) is 65.7 Å². The molecule has 0 saturated heterocycles. The van der Waals surface area contributed by atoms with E-state index in [0.717, 1.165) is 5.56 Å². The second-order valence-corrected chi connectivity index (χ2v) is 8.11. The van der Waals surface area contributed by atoms with Crippen molar-refractivity contribution < 1.29 is 18.0 Å². The van der Waals surface area contributed by atoms with Crippen molar-refractivity contribution in [3.63, 3.8) is 0 Å². The van der Waals surface area contributed by atoms with Crippen LogP contribution in [0.2, 0.25) is 0 Å². The minimum Gasteiger partial charge on any atom is -0.324 e. The molecule has 3 aromatic rings. The molecule has 0 aliphatic carbocycles. The van der Waals surface area contributed by atoms with Gasteiger partial charge >= 0.3 is 0 Å². The van der Waals surface area contributed by atoms with Crippen molar-refractivity contribution in [1.29, 1.82) is 0 Å². The number of nitrogens with zero attached hydrogens (tertiary/aromatic N) is 2. The van der Waals surface area contributed by atoms with Gasteiger partial charge in [0.05, 0.1) is 17.5 Å². The minimum absolute atomic E-state index is 0.0607. The highest BCUT2D eigenvalue weighted by Crippen LogP contribution is 2.34. The molecule has 29 heavy (non-hydrogen) atoms. The number of sulfonamides is 1. The number of amides is 2. The van der Waals surface area contributed by atoms with Crippen LogP contribution in [-0.2, 0) is 19.6 Å². The van der Waals surface area contributed by atoms with Crippen LogP contribution in [0.3, 0.4) is 0 Å². The predicted octanol–water partition coefficient (Wildman–Crippen LogP) is 1.72. The van der Waals surface area contributed by atoms with Crippen molar-refractivity contribution in [3.8, 4) is 11.1 Å². The Balaban J connectivity index is 1.61. The third-order valence-corrected chi connectivity index (χ3v) is 5.49. The molecule has 2 amide bonds. The van der Waals surface area contributed by atoms with E-state index < -0.39 is 22.0 Å². The van der Waals surface area contributed by atoms with Crippen LogP contribution < -0.4 is 15.8 Å². The number of aromatic nitrogens is 2. The molecule has 2 aromatic carbocycles. The zero-order valence-electron chi connectivity index (χ0n) is 15.1. The molecule has 148 valence electrons. The van der Waals surface area contributed by atoms with Gasteiger partial charge in [-0.2, -0.15) is 5.10 Å². The number of benzene rings is 2. The van der Waals surface area contributed by atoms with Gasteiger partial charge in [-0.1, -0.05) is 30.3 Å². The van der Waals surface area contributed by atoms with Crippen LogP contribution in [0.5, 0.6) is 0 Å². The van der Waals surface area contributed by atoms with Crippen LogP contribution in [0.1, 0.15) is 12.5 Å². The number of primary sulfonamides is 1. The lowest BCUT2D eigenvalue weighted by Gasteiger charge is -2.24. The Morgan fingerprint density at radius 1 is 1.14 bits per heavy atom. The average Bonchev–Trinajstić information content (AvgIpc) is 3.11. The van der Waals surface area contributed by atoms with Gasteiger partial charge < -0.3 is 10.6 Å². The molecule has 0 radical (unpaired) electrons. The highest BCUT2D eigenvalue weighted by molar-refractivity contribution is 7.89. The fourth-order valence-electron chi connectivity index (χ4n) is 3.15. The number of carbonyl (C=O) groups is 2. The van der Waals surface area contributed by atoms with Gasteiger partial charge in [-0.15, -0.1) is 0 Å². The third kappa shape index (κ3) is 3.75. The lowest BCUT2D eigenvalue weighted by atomic mass is 10.1. The maximum absolute atomic E-state index is 12.8. The maximum Gasteiger partial charge on any atom is 0.249 e. The number of hydrogen-bond acceptors (Lipinski definition) is 5. The monoisotopic (exact) mass is 411 g/mol. The van der Waals surface area contributed by atoms with E-state index in [1.807, 2.05) is 30.3 Å². The molecule has 1 aliphatic heterocycles. The normalized spacial score (nSPS) is 16.0. The highest BCUT2D eigenvalue weighted by Gasteiger charge is 2.33. The van der Waals surface area contributed by atoms with E-state index in [4.69, 9.17) is 5.14 Å². The number of fused-ring (bicyclic) bond motifs is 1. The largest absolute Gasteiger partial charge is 0.324 e. The Labute approximate surface area is 166 Å². The SMILES string of the molecule is NS(=O)(=O)c1ccc(NC(=O)[C@H]2CC(=O)Nc3c(-c4ccccc4)cnn32)cc1. The molecule has 0 unspecified atom stereocenters. The zero-order valence-corrected chi connectivity index (χ0v) is 15.9. The number of nitrogens with two attached hydrogens (primary N) is 1. The number of hydrogen-bond donors (Lipinski definition) is 3. The standard InChI is InChI=1S/C19H17N5O4S/c20-29(27,28)14-8-6-13(7-9-14)22-19(26)16-10-17(25)23-18-15(11-21-24(16)18)12-4-2-1-3-5-12/h1-9,11,16H,10H2,(H,22,26)(H,23,25)(H2,20,27,28)/t16-/m1/s1. The Hall–Kier alpha value is -3.50. The molecular weight excluding hydrogens is 394 g/mol. The summed E-state index contributed by atoms with van der Waals surface area (Å²) in [6.07, 6.45) is 1.54. The van der Waals surface area contributed by atoms with E-state index in [0.29, 0.717) is 17.1 Å². The van der Waals surface area contributed by atoms with Crippen LogP contribution in [0, 0.1) is 0 Å². The van der Waals surface area contributed by atoms with E-state index in [1.54, 1.807) is 6.20 Å². The van der Waals surface area contributed by atoms with Gasteiger partial charge in [0.1, 0.15) is 11.9 Å². The quantitative estimate of drug-likeness (QED) is 0.600. The Bertz CT molecular complexity index is 1190. The molecule has 10 heteroatoms. The molecule has 2 heterocycles. The van der Waals surface area contributed by atoms with Crippen LogP contribution in [0.4, 0.5) is 11.5 Å².